The van der Waals surface area contributed by atoms with Gasteiger partial charge in [0.05, 0.1) is 32.0 Å². The van der Waals surface area contributed by atoms with Gasteiger partial charge in [0.1, 0.15) is 0 Å². The van der Waals surface area contributed by atoms with E-state index in [1.165, 1.54) is 28.3 Å². The molecule has 0 radical (unpaired) electrons. The van der Waals surface area contributed by atoms with Crippen LogP contribution in [0.3, 0.4) is 0 Å². The lowest BCUT2D eigenvalue weighted by Gasteiger charge is -2.15. The van der Waals surface area contributed by atoms with Gasteiger partial charge in [0.15, 0.2) is 11.5 Å². The second kappa shape index (κ2) is 9.70. The summed E-state index contributed by atoms with van der Waals surface area (Å²) in [4.78, 5) is 23.3. The largest absolute Gasteiger partial charge is 0.493 e. The van der Waals surface area contributed by atoms with Gasteiger partial charge in [0.25, 0.3) is 0 Å². The number of anilines is 2. The van der Waals surface area contributed by atoms with Crippen LogP contribution in [0.4, 0.5) is 16.2 Å². The first-order valence-corrected chi connectivity index (χ1v) is 8.66. The molecule has 0 saturated carbocycles. The summed E-state index contributed by atoms with van der Waals surface area (Å²) >= 11 is 6.15. The number of ether oxygens (including phenoxy) is 3. The van der Waals surface area contributed by atoms with Gasteiger partial charge in [0, 0.05) is 19.2 Å². The van der Waals surface area contributed by atoms with Crippen molar-refractivity contribution in [1.29, 1.82) is 0 Å². The molecule has 0 fully saturated rings. The molecule has 0 bridgehead atoms. The summed E-state index contributed by atoms with van der Waals surface area (Å²) in [5.74, 6) is 1.26. The minimum absolute atomic E-state index is 0.208. The number of urea groups is 1. The van der Waals surface area contributed by atoms with E-state index < -0.39 is 6.03 Å². The Morgan fingerprint density at radius 3 is 2.11 bits per heavy atom. The molecule has 3 N–H and O–H groups in total. The lowest BCUT2D eigenvalue weighted by Crippen LogP contribution is -2.28. The van der Waals surface area contributed by atoms with E-state index in [0.29, 0.717) is 33.6 Å². The highest BCUT2D eigenvalue weighted by molar-refractivity contribution is 6.34. The number of methoxy groups -OCH3 is 3. The number of carbonyl (C=O) groups excluding carboxylic acids is 2. The lowest BCUT2D eigenvalue weighted by atomic mass is 10.2. The molecular formula is C19H22ClN3O5. The van der Waals surface area contributed by atoms with Crippen molar-refractivity contribution >= 4 is 34.9 Å². The molecule has 0 aliphatic heterocycles. The quantitative estimate of drug-likeness (QED) is 0.650. The Balaban J connectivity index is 2.04. The van der Waals surface area contributed by atoms with Crippen molar-refractivity contribution in [2.45, 2.75) is 13.5 Å². The van der Waals surface area contributed by atoms with Crippen LogP contribution in [0.2, 0.25) is 5.02 Å². The fraction of sp³-hybridized carbons (Fsp3) is 0.263. The highest BCUT2D eigenvalue weighted by atomic mass is 35.5. The Kier molecular flexibility index (Phi) is 7.34. The monoisotopic (exact) mass is 407 g/mol. The van der Waals surface area contributed by atoms with Gasteiger partial charge in [-0.25, -0.2) is 4.79 Å². The van der Waals surface area contributed by atoms with Crippen LogP contribution in [0.1, 0.15) is 12.5 Å². The number of amides is 3. The second-order valence-corrected chi connectivity index (χ2v) is 6.12. The average Bonchev–Trinajstić information content (AvgIpc) is 2.67. The predicted molar refractivity (Wildman–Crippen MR) is 108 cm³/mol. The van der Waals surface area contributed by atoms with E-state index in [0.717, 1.165) is 5.56 Å². The molecule has 9 heteroatoms. The number of halogens is 1. The van der Waals surface area contributed by atoms with Crippen molar-refractivity contribution in [2.24, 2.45) is 0 Å². The van der Waals surface area contributed by atoms with Crippen LogP contribution in [0.25, 0.3) is 0 Å². The first-order valence-electron chi connectivity index (χ1n) is 8.28. The molecule has 8 nitrogen and oxygen atoms in total. The van der Waals surface area contributed by atoms with Crippen molar-refractivity contribution in [1.82, 2.24) is 5.32 Å². The van der Waals surface area contributed by atoms with Gasteiger partial charge in [-0.1, -0.05) is 11.6 Å². The molecule has 0 unspecified atom stereocenters. The van der Waals surface area contributed by atoms with E-state index >= 15 is 0 Å². The zero-order valence-corrected chi connectivity index (χ0v) is 16.8. The maximum absolute atomic E-state index is 12.2. The van der Waals surface area contributed by atoms with Crippen molar-refractivity contribution in [3.05, 3.63) is 40.9 Å². The van der Waals surface area contributed by atoms with E-state index in [9.17, 15) is 9.59 Å². The van der Waals surface area contributed by atoms with Gasteiger partial charge in [0.2, 0.25) is 11.7 Å². The van der Waals surface area contributed by atoms with E-state index in [2.05, 4.69) is 16.0 Å². The lowest BCUT2D eigenvalue weighted by molar-refractivity contribution is -0.114. The first kappa shape index (κ1) is 21.2. The SMILES string of the molecule is COc1cc(CNC(=O)Nc2ccc(NC(C)=O)cc2Cl)cc(OC)c1OC. The number of hydrogen-bond donors (Lipinski definition) is 3. The molecule has 0 aliphatic carbocycles. The Hall–Kier alpha value is -3.13. The average molecular weight is 408 g/mol. The van der Waals surface area contributed by atoms with Crippen LogP contribution in [0.15, 0.2) is 30.3 Å². The van der Waals surface area contributed by atoms with Gasteiger partial charge in [-0.2, -0.15) is 0 Å². The van der Waals surface area contributed by atoms with E-state index in [4.69, 9.17) is 25.8 Å². The summed E-state index contributed by atoms with van der Waals surface area (Å²) in [6.45, 7) is 1.63. The fourth-order valence-electron chi connectivity index (χ4n) is 2.48. The third-order valence-electron chi connectivity index (χ3n) is 3.72. The van der Waals surface area contributed by atoms with Crippen molar-refractivity contribution in [3.63, 3.8) is 0 Å². The molecule has 0 aliphatic rings. The molecule has 28 heavy (non-hydrogen) atoms. The summed E-state index contributed by atoms with van der Waals surface area (Å²) in [6, 6.07) is 7.85. The fourth-order valence-corrected chi connectivity index (χ4v) is 2.71. The number of nitrogens with one attached hydrogen (secondary N) is 3. The number of hydrogen-bond acceptors (Lipinski definition) is 5. The Bertz CT molecular complexity index is 848. The number of carbonyl (C=O) groups is 2. The Morgan fingerprint density at radius 2 is 1.61 bits per heavy atom. The Morgan fingerprint density at radius 1 is 0.964 bits per heavy atom. The standard InChI is InChI=1S/C19H22ClN3O5/c1-11(24)22-13-5-6-15(14(20)9-13)23-19(25)21-10-12-7-16(26-2)18(28-4)17(8-12)27-3/h5-9H,10H2,1-4H3,(H,22,24)(H2,21,23,25). The number of rotatable bonds is 7. The zero-order valence-electron chi connectivity index (χ0n) is 16.0. The van der Waals surface area contributed by atoms with E-state index in [-0.39, 0.29) is 12.5 Å². The van der Waals surface area contributed by atoms with Crippen molar-refractivity contribution < 1.29 is 23.8 Å². The summed E-state index contributed by atoms with van der Waals surface area (Å²) in [5, 5.41) is 8.31. The van der Waals surface area contributed by atoms with Gasteiger partial charge in [-0.3, -0.25) is 4.79 Å². The topological polar surface area (TPSA) is 97.9 Å². The van der Waals surface area contributed by atoms with Crippen LogP contribution in [-0.2, 0) is 11.3 Å². The van der Waals surface area contributed by atoms with Gasteiger partial charge in [-0.15, -0.1) is 0 Å². The molecule has 0 heterocycles. The normalized spacial score (nSPS) is 10.0. The first-order chi connectivity index (χ1) is 13.4. The maximum atomic E-state index is 12.2. The van der Waals surface area contributed by atoms with Crippen LogP contribution < -0.4 is 30.2 Å². The summed E-state index contributed by atoms with van der Waals surface area (Å²) < 4.78 is 15.9. The maximum Gasteiger partial charge on any atom is 0.319 e. The molecular weight excluding hydrogens is 386 g/mol. The molecule has 2 aromatic carbocycles. The van der Waals surface area contributed by atoms with E-state index in [1.807, 2.05) is 0 Å². The van der Waals surface area contributed by atoms with Gasteiger partial charge >= 0.3 is 6.03 Å². The summed E-state index contributed by atoms with van der Waals surface area (Å²) in [5.41, 5.74) is 1.72. The molecule has 0 atom stereocenters. The summed E-state index contributed by atoms with van der Waals surface area (Å²) in [7, 11) is 4.56. The molecule has 0 spiro atoms. The van der Waals surface area contributed by atoms with Gasteiger partial charge < -0.3 is 30.2 Å². The zero-order chi connectivity index (χ0) is 20.7. The minimum atomic E-state index is -0.442. The minimum Gasteiger partial charge on any atom is -0.493 e. The van der Waals surface area contributed by atoms with E-state index in [1.54, 1.807) is 30.3 Å². The van der Waals surface area contributed by atoms with Crippen LogP contribution >= 0.6 is 11.6 Å². The van der Waals surface area contributed by atoms with Crippen molar-refractivity contribution in [2.75, 3.05) is 32.0 Å². The van der Waals surface area contributed by atoms with Crippen molar-refractivity contribution in [3.8, 4) is 17.2 Å². The highest BCUT2D eigenvalue weighted by Crippen LogP contribution is 2.38. The molecule has 2 aromatic rings. The Labute approximate surface area is 168 Å². The second-order valence-electron chi connectivity index (χ2n) is 5.72. The third kappa shape index (κ3) is 5.43. The highest BCUT2D eigenvalue weighted by Gasteiger charge is 2.14. The smallest absolute Gasteiger partial charge is 0.319 e. The summed E-state index contributed by atoms with van der Waals surface area (Å²) in [6.07, 6.45) is 0. The van der Waals surface area contributed by atoms with Crippen LogP contribution in [-0.4, -0.2) is 33.3 Å². The predicted octanol–water partition coefficient (Wildman–Crippen LogP) is 3.65. The molecule has 0 saturated heterocycles. The number of benzene rings is 2. The molecule has 2 rings (SSSR count). The molecule has 3 amide bonds. The van der Waals surface area contributed by atoms with Crippen LogP contribution in [0, 0.1) is 0 Å². The van der Waals surface area contributed by atoms with Gasteiger partial charge in [-0.05, 0) is 35.9 Å². The molecule has 0 aromatic heterocycles. The molecule has 150 valence electrons. The van der Waals surface area contributed by atoms with Crippen LogP contribution in [0.5, 0.6) is 17.2 Å². The third-order valence-corrected chi connectivity index (χ3v) is 4.03.